The lowest BCUT2D eigenvalue weighted by molar-refractivity contribution is -0.163. The largest absolute Gasteiger partial charge is 0.381 e. The van der Waals surface area contributed by atoms with Gasteiger partial charge in [-0.05, 0) is 43.9 Å². The zero-order valence-corrected chi connectivity index (χ0v) is 14.3. The first kappa shape index (κ1) is 17.4. The average Bonchev–Trinajstić information content (AvgIpc) is 2.59. The van der Waals surface area contributed by atoms with Gasteiger partial charge in [-0.2, -0.15) is 0 Å². The fraction of sp³-hybridized carbons (Fsp3) is 0.632. The summed E-state index contributed by atoms with van der Waals surface area (Å²) in [5, 5.41) is 0. The maximum absolute atomic E-state index is 13.3. The van der Waals surface area contributed by atoms with E-state index in [-0.39, 0.29) is 29.7 Å². The van der Waals surface area contributed by atoms with Crippen molar-refractivity contribution < 1.29 is 18.7 Å². The highest BCUT2D eigenvalue weighted by Crippen LogP contribution is 2.40. The molecule has 1 aromatic carbocycles. The zero-order chi connectivity index (χ0) is 17.0. The van der Waals surface area contributed by atoms with Crippen molar-refractivity contribution in [1.82, 2.24) is 4.90 Å². The summed E-state index contributed by atoms with van der Waals surface area (Å²) in [7, 11) is 0. The summed E-state index contributed by atoms with van der Waals surface area (Å²) in [6.45, 7) is 5.48. The van der Waals surface area contributed by atoms with Crippen LogP contribution in [0.5, 0.6) is 0 Å². The van der Waals surface area contributed by atoms with Gasteiger partial charge in [-0.1, -0.05) is 12.1 Å². The van der Waals surface area contributed by atoms with Gasteiger partial charge >= 0.3 is 0 Å². The van der Waals surface area contributed by atoms with E-state index < -0.39 is 0 Å². The van der Waals surface area contributed by atoms with Crippen LogP contribution in [0.1, 0.15) is 31.7 Å². The fourth-order valence-electron chi connectivity index (χ4n) is 3.95. The maximum atomic E-state index is 13.3. The molecule has 2 unspecified atom stereocenters. The number of hydrogen-bond acceptors (Lipinski definition) is 3. The number of halogens is 1. The van der Waals surface area contributed by atoms with Gasteiger partial charge in [0, 0.05) is 31.7 Å². The van der Waals surface area contributed by atoms with Crippen molar-refractivity contribution in [1.29, 1.82) is 0 Å². The number of carbonyl (C=O) groups excluding carboxylic acids is 1. The molecule has 3 rings (SSSR count). The van der Waals surface area contributed by atoms with Crippen molar-refractivity contribution in [2.24, 2.45) is 5.41 Å². The molecule has 0 radical (unpaired) electrons. The standard InChI is InChI=1S/C19H26FNO3/c1-2-23-14-19-8-4-10-24-17(19)7-9-21(13-19)18(22)12-15-5-3-6-16(20)11-15/h3,5-6,11,17H,2,4,7-10,12-14H2,1H3. The van der Waals surface area contributed by atoms with Crippen LogP contribution >= 0.6 is 0 Å². The molecule has 0 spiro atoms. The van der Waals surface area contributed by atoms with Crippen LogP contribution in [-0.4, -0.2) is 49.8 Å². The molecule has 2 heterocycles. The third-order valence-electron chi connectivity index (χ3n) is 5.18. The van der Waals surface area contributed by atoms with E-state index >= 15 is 0 Å². The predicted molar refractivity (Wildman–Crippen MR) is 89.2 cm³/mol. The van der Waals surface area contributed by atoms with E-state index in [1.54, 1.807) is 12.1 Å². The van der Waals surface area contributed by atoms with Crippen molar-refractivity contribution in [2.75, 3.05) is 32.9 Å². The van der Waals surface area contributed by atoms with E-state index in [0.29, 0.717) is 26.3 Å². The van der Waals surface area contributed by atoms with E-state index in [1.807, 2.05) is 11.8 Å². The number of ether oxygens (including phenoxy) is 2. The third kappa shape index (κ3) is 3.78. The molecule has 2 saturated heterocycles. The number of amides is 1. The molecule has 2 aliphatic heterocycles. The van der Waals surface area contributed by atoms with Crippen LogP contribution < -0.4 is 0 Å². The lowest BCUT2D eigenvalue weighted by Crippen LogP contribution is -2.58. The third-order valence-corrected chi connectivity index (χ3v) is 5.18. The Kier molecular flexibility index (Phi) is 5.51. The Morgan fingerprint density at radius 3 is 3.17 bits per heavy atom. The molecule has 5 heteroatoms. The van der Waals surface area contributed by atoms with E-state index in [9.17, 15) is 9.18 Å². The second-order valence-electron chi connectivity index (χ2n) is 6.87. The van der Waals surface area contributed by atoms with Gasteiger partial charge in [-0.3, -0.25) is 4.79 Å². The maximum Gasteiger partial charge on any atom is 0.227 e. The van der Waals surface area contributed by atoms with Gasteiger partial charge in [0.1, 0.15) is 5.82 Å². The number of likely N-dealkylation sites (tertiary alicyclic amines) is 1. The van der Waals surface area contributed by atoms with Crippen LogP contribution in [0.15, 0.2) is 24.3 Å². The second kappa shape index (κ2) is 7.62. The van der Waals surface area contributed by atoms with Crippen molar-refractivity contribution >= 4 is 5.91 Å². The van der Waals surface area contributed by atoms with Crippen LogP contribution in [-0.2, 0) is 20.7 Å². The van der Waals surface area contributed by atoms with E-state index in [1.165, 1.54) is 12.1 Å². The Labute approximate surface area is 142 Å². The van der Waals surface area contributed by atoms with Crippen molar-refractivity contribution in [3.63, 3.8) is 0 Å². The lowest BCUT2D eigenvalue weighted by Gasteiger charge is -2.50. The highest BCUT2D eigenvalue weighted by atomic mass is 19.1. The summed E-state index contributed by atoms with van der Waals surface area (Å²) in [5.41, 5.74) is 0.630. The SMILES string of the molecule is CCOCC12CCCOC1CCN(C(=O)Cc1cccc(F)c1)C2. The normalized spacial score (nSPS) is 26.9. The average molecular weight is 335 g/mol. The topological polar surface area (TPSA) is 38.8 Å². The first-order chi connectivity index (χ1) is 11.6. The number of piperidine rings is 1. The summed E-state index contributed by atoms with van der Waals surface area (Å²) in [4.78, 5) is 14.6. The minimum Gasteiger partial charge on any atom is -0.381 e. The van der Waals surface area contributed by atoms with Gasteiger partial charge in [0.05, 0.1) is 19.1 Å². The van der Waals surface area contributed by atoms with E-state index in [0.717, 1.165) is 31.4 Å². The van der Waals surface area contributed by atoms with Crippen LogP contribution in [0.25, 0.3) is 0 Å². The molecular weight excluding hydrogens is 309 g/mol. The van der Waals surface area contributed by atoms with Gasteiger partial charge in [0.25, 0.3) is 0 Å². The van der Waals surface area contributed by atoms with Crippen molar-refractivity contribution in [3.05, 3.63) is 35.6 Å². The summed E-state index contributed by atoms with van der Waals surface area (Å²) < 4.78 is 25.0. The number of carbonyl (C=O) groups is 1. The van der Waals surface area contributed by atoms with Gasteiger partial charge < -0.3 is 14.4 Å². The van der Waals surface area contributed by atoms with Crippen LogP contribution in [0.3, 0.4) is 0 Å². The van der Waals surface area contributed by atoms with Crippen LogP contribution in [0.2, 0.25) is 0 Å². The predicted octanol–water partition coefficient (Wildman–Crippen LogP) is 2.80. The summed E-state index contributed by atoms with van der Waals surface area (Å²) in [5.74, 6) is -0.243. The minimum absolute atomic E-state index is 0.0560. The highest BCUT2D eigenvalue weighted by Gasteiger charge is 2.47. The van der Waals surface area contributed by atoms with E-state index in [4.69, 9.17) is 9.47 Å². The molecule has 1 amide bonds. The Morgan fingerprint density at radius 2 is 2.38 bits per heavy atom. The minimum atomic E-state index is -0.299. The zero-order valence-electron chi connectivity index (χ0n) is 14.3. The highest BCUT2D eigenvalue weighted by molar-refractivity contribution is 5.79. The summed E-state index contributed by atoms with van der Waals surface area (Å²) >= 11 is 0. The molecule has 0 N–H and O–H groups in total. The van der Waals surface area contributed by atoms with Crippen LogP contribution in [0, 0.1) is 11.2 Å². The molecule has 1 aromatic rings. The Bertz CT molecular complexity index is 579. The summed E-state index contributed by atoms with van der Waals surface area (Å²) in [6, 6.07) is 6.28. The molecule has 0 bridgehead atoms. The Morgan fingerprint density at radius 1 is 1.50 bits per heavy atom. The van der Waals surface area contributed by atoms with Gasteiger partial charge in [0.15, 0.2) is 0 Å². The molecule has 2 fully saturated rings. The molecule has 0 aliphatic carbocycles. The number of hydrogen-bond donors (Lipinski definition) is 0. The van der Waals surface area contributed by atoms with Gasteiger partial charge in [-0.25, -0.2) is 4.39 Å². The molecule has 0 aromatic heterocycles. The molecular formula is C19H26FNO3. The smallest absolute Gasteiger partial charge is 0.227 e. The molecule has 2 atom stereocenters. The number of nitrogens with zero attached hydrogens (tertiary/aromatic N) is 1. The molecule has 24 heavy (non-hydrogen) atoms. The number of fused-ring (bicyclic) bond motifs is 1. The number of rotatable bonds is 5. The molecule has 2 aliphatic rings. The lowest BCUT2D eigenvalue weighted by atomic mass is 9.73. The Hall–Kier alpha value is -1.46. The monoisotopic (exact) mass is 335 g/mol. The fourth-order valence-corrected chi connectivity index (χ4v) is 3.95. The van der Waals surface area contributed by atoms with Crippen LogP contribution in [0.4, 0.5) is 4.39 Å². The van der Waals surface area contributed by atoms with Crippen molar-refractivity contribution in [3.8, 4) is 0 Å². The molecule has 132 valence electrons. The van der Waals surface area contributed by atoms with Gasteiger partial charge in [-0.15, -0.1) is 0 Å². The first-order valence-electron chi connectivity index (χ1n) is 8.84. The molecule has 0 saturated carbocycles. The van der Waals surface area contributed by atoms with Gasteiger partial charge in [0.2, 0.25) is 5.91 Å². The first-order valence-corrected chi connectivity index (χ1v) is 8.84. The molecule has 4 nitrogen and oxygen atoms in total. The quantitative estimate of drug-likeness (QED) is 0.830. The van der Waals surface area contributed by atoms with Crippen molar-refractivity contribution in [2.45, 2.75) is 38.7 Å². The number of benzene rings is 1. The van der Waals surface area contributed by atoms with E-state index in [2.05, 4.69) is 0 Å². The summed E-state index contributed by atoms with van der Waals surface area (Å²) in [6.07, 6.45) is 3.31. The Balaban J connectivity index is 1.69. The second-order valence-corrected chi connectivity index (χ2v) is 6.87.